The van der Waals surface area contributed by atoms with Gasteiger partial charge in [-0.25, -0.2) is 19.2 Å². The highest BCUT2D eigenvalue weighted by atomic mass is 32.3. The average Bonchev–Trinajstić information content (AvgIpc) is 1.13. The van der Waals surface area contributed by atoms with Crippen LogP contribution in [0.1, 0.15) is 263 Å². The number of unbranched alkanes of at least 4 members (excludes halogenated alkanes) is 8. The van der Waals surface area contributed by atoms with Gasteiger partial charge in [0.05, 0.1) is 64.4 Å². The molecule has 2 N–H and O–H groups in total. The number of likely N-dealkylation sites (tertiary alicyclic amines) is 2. The van der Waals surface area contributed by atoms with Crippen LogP contribution in [0.5, 0.6) is 0 Å². The van der Waals surface area contributed by atoms with Gasteiger partial charge in [0.2, 0.25) is 11.8 Å². The molecule has 8 amide bonds. The minimum atomic E-state index is -5.17. The predicted molar refractivity (Wildman–Crippen MR) is 370 cm³/mol. The SMILES string of the molecule is CCCC[N+](CCCC)(CCCC)CCCCN1C(=O)N2C[C@H]1CC[C@H]2C(=O)NC1CCC2(CC1)CN(C(=O)OC(C)(C)C)C2.CCCC[N+](CCCC)(CCCC)CCCCN1C(=O)N2C[C@H]1CC[C@H]2C(=O)NC1CCC2(CC1)CN(C(=O)OC(C)(C)C)C2.O=S(=O)([O-])[O-]. The van der Waals surface area contributed by atoms with E-state index in [0.717, 1.165) is 142 Å². The number of hydrogen-bond donors (Lipinski definition) is 2. The maximum absolute atomic E-state index is 13.5. The predicted octanol–water partition coefficient (Wildman–Crippen LogP) is 11.8. The largest absolute Gasteiger partial charge is 0.759 e. The summed E-state index contributed by atoms with van der Waals surface area (Å²) < 4.78 is 47.7. The number of rotatable bonds is 32. The van der Waals surface area contributed by atoms with Crippen LogP contribution in [-0.4, -0.2) is 244 Å². The maximum atomic E-state index is 13.5. The second kappa shape index (κ2) is 36.2. The number of hydrogen-bond acceptors (Lipinski definition) is 12. The number of fused-ring (bicyclic) bond motifs is 4. The minimum Gasteiger partial charge on any atom is -0.759 e. The van der Waals surface area contributed by atoms with Crippen LogP contribution in [0.4, 0.5) is 19.2 Å². The third-order valence-electron chi connectivity index (χ3n) is 22.3. The van der Waals surface area contributed by atoms with Gasteiger partial charge in [0, 0.05) is 85.7 Å². The fourth-order valence-electron chi connectivity index (χ4n) is 16.8. The van der Waals surface area contributed by atoms with Crippen molar-refractivity contribution in [3.63, 3.8) is 0 Å². The Balaban J connectivity index is 0.000000281. The Kier molecular flexibility index (Phi) is 30.4. The fraction of sp³-hybridized carbons (Fsp3) is 0.917. The summed E-state index contributed by atoms with van der Waals surface area (Å²) in [5, 5.41) is 6.64. The van der Waals surface area contributed by atoms with E-state index in [1.165, 1.54) is 138 Å². The molecule has 8 fully saturated rings. The van der Waals surface area contributed by atoms with Gasteiger partial charge in [-0.15, -0.1) is 0 Å². The molecular weight excluding hydrogens is 1230 g/mol. The van der Waals surface area contributed by atoms with Gasteiger partial charge >= 0.3 is 24.2 Å². The Morgan fingerprint density at radius 1 is 0.463 bits per heavy atom. The molecule has 0 radical (unpaired) electrons. The smallest absolute Gasteiger partial charge is 0.410 e. The number of amides is 8. The van der Waals surface area contributed by atoms with Crippen molar-refractivity contribution in [1.82, 2.24) is 40.0 Å². The van der Waals surface area contributed by atoms with Crippen molar-refractivity contribution < 1.29 is 64.7 Å². The molecule has 2 spiro atoms. The van der Waals surface area contributed by atoms with Crippen molar-refractivity contribution in [3.05, 3.63) is 0 Å². The molecule has 22 nitrogen and oxygen atoms in total. The molecule has 4 atom stereocenters. The molecule has 6 heterocycles. The van der Waals surface area contributed by atoms with Gasteiger partial charge in [0.25, 0.3) is 0 Å². The molecule has 0 unspecified atom stereocenters. The number of nitrogens with one attached hydrogen (secondary N) is 2. The molecule has 0 aromatic carbocycles. The Morgan fingerprint density at radius 3 is 1.00 bits per heavy atom. The van der Waals surface area contributed by atoms with Crippen molar-refractivity contribution in [1.29, 1.82) is 0 Å². The van der Waals surface area contributed by atoms with E-state index >= 15 is 0 Å². The van der Waals surface area contributed by atoms with E-state index in [2.05, 4.69) is 62.0 Å². The van der Waals surface area contributed by atoms with Crippen LogP contribution in [0.15, 0.2) is 0 Å². The zero-order chi connectivity index (χ0) is 69.8. The molecule has 6 saturated heterocycles. The Morgan fingerprint density at radius 2 is 0.737 bits per heavy atom. The molecule has 2 aliphatic carbocycles. The van der Waals surface area contributed by atoms with Crippen LogP contribution in [0.3, 0.4) is 0 Å². The van der Waals surface area contributed by atoms with Gasteiger partial charge in [-0.2, -0.15) is 0 Å². The molecule has 6 aliphatic heterocycles. The minimum absolute atomic E-state index is 0.0263. The highest BCUT2D eigenvalue weighted by Gasteiger charge is 2.52. The van der Waals surface area contributed by atoms with E-state index in [9.17, 15) is 28.8 Å². The molecule has 0 aromatic rings. The fourth-order valence-corrected chi connectivity index (χ4v) is 16.8. The Labute approximate surface area is 574 Å². The Bertz CT molecular complexity index is 2320. The van der Waals surface area contributed by atoms with Crippen molar-refractivity contribution in [3.8, 4) is 0 Å². The van der Waals surface area contributed by atoms with Gasteiger partial charge in [0.15, 0.2) is 0 Å². The van der Waals surface area contributed by atoms with E-state index in [-0.39, 0.29) is 83.1 Å². The molecular formula is C72H132N10O12S. The first kappa shape index (κ1) is 79.8. The summed E-state index contributed by atoms with van der Waals surface area (Å²) in [5.41, 5.74) is -0.613. The van der Waals surface area contributed by atoms with E-state index in [1.54, 1.807) is 0 Å². The summed E-state index contributed by atoms with van der Waals surface area (Å²) in [6, 6.07) is 0.254. The third-order valence-corrected chi connectivity index (χ3v) is 22.3. The zero-order valence-corrected chi connectivity index (χ0v) is 62.3. The van der Waals surface area contributed by atoms with Crippen LogP contribution < -0.4 is 10.6 Å². The number of nitrogens with zero attached hydrogens (tertiary/aromatic N) is 8. The first-order valence-corrected chi connectivity index (χ1v) is 39.3. The Hall–Kier alpha value is -4.19. The molecule has 8 rings (SSSR count). The van der Waals surface area contributed by atoms with Crippen LogP contribution in [0, 0.1) is 10.8 Å². The second-order valence-corrected chi connectivity index (χ2v) is 33.2. The normalized spacial score (nSPS) is 23.4. The van der Waals surface area contributed by atoms with Crippen LogP contribution in [0.25, 0.3) is 0 Å². The lowest BCUT2D eigenvalue weighted by molar-refractivity contribution is -0.929. The molecule has 23 heteroatoms. The monoisotopic (exact) mass is 1360 g/mol. The zero-order valence-electron chi connectivity index (χ0n) is 61.5. The quantitative estimate of drug-likeness (QED) is 0.0276. The van der Waals surface area contributed by atoms with Crippen LogP contribution >= 0.6 is 0 Å². The van der Waals surface area contributed by atoms with Gasteiger partial charge in [-0.05, 0) is 183 Å². The van der Waals surface area contributed by atoms with E-state index in [4.69, 9.17) is 27.0 Å². The van der Waals surface area contributed by atoms with Gasteiger partial charge in [-0.1, -0.05) is 80.1 Å². The molecule has 548 valence electrons. The number of quaternary nitrogens is 2. The average molecular weight is 1360 g/mol. The summed E-state index contributed by atoms with van der Waals surface area (Å²) in [5.74, 6) is 0.0527. The van der Waals surface area contributed by atoms with Gasteiger partial charge < -0.3 is 67.6 Å². The summed E-state index contributed by atoms with van der Waals surface area (Å²) in [6.45, 7) is 41.4. The summed E-state index contributed by atoms with van der Waals surface area (Å²) in [6.07, 6.45) is 30.4. The van der Waals surface area contributed by atoms with Crippen molar-refractivity contribution in [2.45, 2.75) is 310 Å². The second-order valence-electron chi connectivity index (χ2n) is 32.4. The summed E-state index contributed by atoms with van der Waals surface area (Å²) in [7, 11) is -5.17. The molecule has 0 aromatic heterocycles. The highest BCUT2D eigenvalue weighted by molar-refractivity contribution is 7.79. The number of carbonyl (C=O) groups is 6. The first-order valence-electron chi connectivity index (χ1n) is 38.0. The number of urea groups is 2. The number of carbonyl (C=O) groups excluding carboxylic acids is 6. The van der Waals surface area contributed by atoms with Gasteiger partial charge in [-0.3, -0.25) is 18.0 Å². The standard InChI is InChI=1S/2C36H65N5O4.H2O4S/c2*1-7-10-22-41(23-11-8-2,24-12-9-3)25-14-13-21-39-30-15-16-31(40(26-30)33(39)43)32(42)37-29-17-19-36(20-18-29)27-38(28-36)34(44)45-35(4,5)6;1-5(2,3)4/h2*29-31H,7-28H2,1-6H3;(H2,1,2,3,4)/t2*30-,31+;/m11./s1. The van der Waals surface area contributed by atoms with Crippen LogP contribution in [0.2, 0.25) is 0 Å². The van der Waals surface area contributed by atoms with E-state index < -0.39 is 21.6 Å². The van der Waals surface area contributed by atoms with Crippen LogP contribution in [-0.2, 0) is 29.5 Å². The lowest BCUT2D eigenvalue weighted by Gasteiger charge is -2.53. The molecule has 2 saturated carbocycles. The number of ether oxygens (including phenoxy) is 2. The third kappa shape index (κ3) is 24.0. The van der Waals surface area contributed by atoms with Crippen molar-refractivity contribution >= 4 is 46.5 Å². The molecule has 95 heavy (non-hydrogen) atoms. The lowest BCUT2D eigenvalue weighted by Crippen LogP contribution is -2.61. The van der Waals surface area contributed by atoms with Crippen molar-refractivity contribution in [2.24, 2.45) is 10.8 Å². The number of piperidine rings is 2. The molecule has 8 aliphatic rings. The lowest BCUT2D eigenvalue weighted by atomic mass is 9.67. The van der Waals surface area contributed by atoms with Gasteiger partial charge in [0.1, 0.15) is 23.3 Å². The van der Waals surface area contributed by atoms with E-state index in [1.807, 2.05) is 61.1 Å². The van der Waals surface area contributed by atoms with Crippen molar-refractivity contribution in [2.75, 3.05) is 105 Å². The highest BCUT2D eigenvalue weighted by Crippen LogP contribution is 2.46. The summed E-state index contributed by atoms with van der Waals surface area (Å²) in [4.78, 5) is 90.3. The summed E-state index contributed by atoms with van der Waals surface area (Å²) >= 11 is 0. The topological polar surface area (TPSA) is 245 Å². The maximum Gasteiger partial charge on any atom is 0.410 e. The van der Waals surface area contributed by atoms with E-state index in [0.29, 0.717) is 13.1 Å². The first-order chi connectivity index (χ1) is 44.9. The molecule has 4 bridgehead atoms.